The van der Waals surface area contributed by atoms with E-state index in [0.717, 1.165) is 55.6 Å². The van der Waals surface area contributed by atoms with Crippen molar-refractivity contribution in [2.45, 2.75) is 31.2 Å². The van der Waals surface area contributed by atoms with Crippen molar-refractivity contribution in [1.29, 1.82) is 0 Å². The second kappa shape index (κ2) is 12.7. The lowest BCUT2D eigenvalue weighted by molar-refractivity contribution is -0.136. The molecule has 244 valence electrons. The van der Waals surface area contributed by atoms with Crippen LogP contribution >= 0.6 is 11.6 Å². The molecule has 1 amide bonds. The fourth-order valence-electron chi connectivity index (χ4n) is 7.37. The van der Waals surface area contributed by atoms with Gasteiger partial charge < -0.3 is 19.3 Å². The third-order valence-electron chi connectivity index (χ3n) is 9.76. The van der Waals surface area contributed by atoms with Crippen LogP contribution < -0.4 is 9.64 Å². The van der Waals surface area contributed by atoms with Crippen LogP contribution in [-0.2, 0) is 14.3 Å². The maximum absolute atomic E-state index is 16.7. The molecule has 0 saturated carbocycles. The smallest absolute Gasteiger partial charge is 0.330 e. The van der Waals surface area contributed by atoms with Gasteiger partial charge in [0.15, 0.2) is 5.82 Å². The molecular formula is C35H36ClFN6O4. The van der Waals surface area contributed by atoms with Gasteiger partial charge in [0.2, 0.25) is 5.91 Å². The molecule has 12 heteroatoms. The van der Waals surface area contributed by atoms with Crippen LogP contribution in [0.3, 0.4) is 0 Å². The summed E-state index contributed by atoms with van der Waals surface area (Å²) in [6, 6.07) is 11.3. The third kappa shape index (κ3) is 5.87. The first-order valence-corrected chi connectivity index (χ1v) is 16.3. The van der Waals surface area contributed by atoms with Crippen LogP contribution in [0.4, 0.5) is 10.2 Å². The van der Waals surface area contributed by atoms with Crippen LogP contribution in [0.1, 0.15) is 25.7 Å². The normalized spacial score (nSPS) is 17.7. The highest BCUT2D eigenvalue weighted by Crippen LogP contribution is 2.40. The van der Waals surface area contributed by atoms with E-state index < -0.39 is 11.8 Å². The first-order chi connectivity index (χ1) is 22.8. The Morgan fingerprint density at radius 1 is 1.11 bits per heavy atom. The summed E-state index contributed by atoms with van der Waals surface area (Å²) >= 11 is 6.60. The number of nitrogens with zero attached hydrogens (tertiary/aromatic N) is 6. The average molecular weight is 659 g/mol. The zero-order chi connectivity index (χ0) is 32.7. The predicted octanol–water partition coefficient (Wildman–Crippen LogP) is 5.27. The van der Waals surface area contributed by atoms with E-state index in [1.807, 2.05) is 42.3 Å². The summed E-state index contributed by atoms with van der Waals surface area (Å²) in [4.78, 5) is 43.9. The molecule has 47 heavy (non-hydrogen) atoms. The topological polar surface area (TPSA) is 101 Å². The molecule has 2 aromatic heterocycles. The van der Waals surface area contributed by atoms with Gasteiger partial charge in [-0.1, -0.05) is 41.9 Å². The van der Waals surface area contributed by atoms with E-state index in [1.165, 1.54) is 13.2 Å². The molecule has 0 aliphatic carbocycles. The number of likely N-dealkylation sites (tertiary alicyclic amines) is 1. The van der Waals surface area contributed by atoms with Crippen LogP contribution in [0, 0.1) is 11.7 Å². The number of halogens is 2. The van der Waals surface area contributed by atoms with Crippen molar-refractivity contribution in [3.8, 4) is 17.3 Å². The van der Waals surface area contributed by atoms with Crippen molar-refractivity contribution in [3.05, 3.63) is 65.6 Å². The lowest BCUT2D eigenvalue weighted by Gasteiger charge is -2.40. The molecule has 3 aliphatic rings. The number of carbonyl (C=O) groups is 2. The molecule has 0 bridgehead atoms. The number of fused-ring (bicyclic) bond motifs is 3. The highest BCUT2D eigenvalue weighted by Gasteiger charge is 2.45. The highest BCUT2D eigenvalue weighted by molar-refractivity contribution is 6.36. The molecule has 0 spiro atoms. The third-order valence-corrected chi connectivity index (χ3v) is 10.1. The first kappa shape index (κ1) is 31.3. The quantitative estimate of drug-likeness (QED) is 0.176. The molecule has 0 unspecified atom stereocenters. The van der Waals surface area contributed by atoms with Crippen molar-refractivity contribution >= 4 is 51.0 Å². The van der Waals surface area contributed by atoms with Crippen LogP contribution in [0.5, 0.6) is 6.01 Å². The van der Waals surface area contributed by atoms with E-state index in [9.17, 15) is 9.59 Å². The molecule has 3 saturated heterocycles. The van der Waals surface area contributed by atoms with Crippen LogP contribution in [-0.4, -0.2) is 95.7 Å². The molecule has 0 radical (unpaired) electrons. The Bertz CT molecular complexity index is 1880. The Balaban J connectivity index is 1.21. The number of amides is 1. The van der Waals surface area contributed by atoms with Gasteiger partial charge >= 0.3 is 12.0 Å². The number of esters is 1. The van der Waals surface area contributed by atoms with E-state index in [0.29, 0.717) is 48.0 Å². The van der Waals surface area contributed by atoms with Crippen molar-refractivity contribution in [2.24, 2.45) is 5.92 Å². The van der Waals surface area contributed by atoms with Gasteiger partial charge in [0.05, 0.1) is 18.0 Å². The van der Waals surface area contributed by atoms with Crippen molar-refractivity contribution < 1.29 is 23.5 Å². The fourth-order valence-corrected chi connectivity index (χ4v) is 7.65. The number of carbonyl (C=O) groups excluding carboxylic acids is 2. The first-order valence-electron chi connectivity index (χ1n) is 15.9. The van der Waals surface area contributed by atoms with Crippen LogP contribution in [0.2, 0.25) is 5.02 Å². The van der Waals surface area contributed by atoms with E-state index in [4.69, 9.17) is 21.3 Å². The SMILES string of the molecule is COC(=O)/C=C/C(=O)N1CC(CN(C)c2nc(OCC34CCCN3CCC4)nc3c(F)c(-c4cccc5cccc(Cl)c45)ncc23)C1. The summed E-state index contributed by atoms with van der Waals surface area (Å²) in [6.45, 7) is 4.14. The summed E-state index contributed by atoms with van der Waals surface area (Å²) in [7, 11) is 3.15. The van der Waals surface area contributed by atoms with Crippen LogP contribution in [0.15, 0.2) is 54.7 Å². The minimum atomic E-state index is -0.579. The molecule has 3 fully saturated rings. The van der Waals surface area contributed by atoms with Crippen molar-refractivity contribution in [3.63, 3.8) is 0 Å². The van der Waals surface area contributed by atoms with E-state index in [2.05, 4.69) is 19.6 Å². The van der Waals surface area contributed by atoms with E-state index >= 15 is 4.39 Å². The van der Waals surface area contributed by atoms with Gasteiger partial charge in [0.25, 0.3) is 0 Å². The zero-order valence-corrected chi connectivity index (χ0v) is 27.2. The molecule has 10 nitrogen and oxygen atoms in total. The van der Waals surface area contributed by atoms with Gasteiger partial charge in [-0.05, 0) is 50.2 Å². The second-order valence-electron chi connectivity index (χ2n) is 12.7. The van der Waals surface area contributed by atoms with Gasteiger partial charge in [-0.3, -0.25) is 14.7 Å². The summed E-state index contributed by atoms with van der Waals surface area (Å²) < 4.78 is 27.6. The van der Waals surface area contributed by atoms with Gasteiger partial charge in [0.1, 0.15) is 23.6 Å². The Morgan fingerprint density at radius 3 is 2.60 bits per heavy atom. The maximum atomic E-state index is 16.7. The monoisotopic (exact) mass is 658 g/mol. The largest absolute Gasteiger partial charge is 0.466 e. The van der Waals surface area contributed by atoms with E-state index in [-0.39, 0.29) is 34.6 Å². The number of pyridine rings is 1. The second-order valence-corrected chi connectivity index (χ2v) is 13.1. The lowest BCUT2D eigenvalue weighted by atomic mass is 9.95. The Morgan fingerprint density at radius 2 is 1.85 bits per heavy atom. The summed E-state index contributed by atoms with van der Waals surface area (Å²) in [5, 5.41) is 2.58. The van der Waals surface area contributed by atoms with Crippen molar-refractivity contribution in [1.82, 2.24) is 24.8 Å². The number of anilines is 1. The summed E-state index contributed by atoms with van der Waals surface area (Å²) in [5.74, 6) is -0.761. The number of aromatic nitrogens is 3. The van der Waals surface area contributed by atoms with Crippen LogP contribution in [0.25, 0.3) is 32.9 Å². The zero-order valence-electron chi connectivity index (χ0n) is 26.4. The average Bonchev–Trinajstić information content (AvgIpc) is 3.64. The minimum absolute atomic E-state index is 0.0315. The van der Waals surface area contributed by atoms with E-state index in [1.54, 1.807) is 17.2 Å². The summed E-state index contributed by atoms with van der Waals surface area (Å²) in [5.41, 5.74) is 0.821. The molecule has 0 atom stereocenters. The highest BCUT2D eigenvalue weighted by atomic mass is 35.5. The number of methoxy groups -OCH3 is 1. The standard InChI is InChI=1S/C35H36ClFN6O4/c1-41(18-22-19-42(20-22)27(44)11-12-28(45)46-2)33-25-17-38-31(24-9-3-7-23-8-4-10-26(36)29(23)24)30(37)32(25)39-34(40-33)47-21-35-13-5-15-43(35)16-6-14-35/h3-4,7-12,17,22H,5-6,13-16,18-21H2,1-2H3/b12-11+. The van der Waals surface area contributed by atoms with Gasteiger partial charge in [-0.15, -0.1) is 0 Å². The minimum Gasteiger partial charge on any atom is -0.466 e. The molecule has 5 heterocycles. The molecule has 7 rings (SSSR count). The molecule has 0 N–H and O–H groups in total. The lowest BCUT2D eigenvalue weighted by Crippen LogP contribution is -2.53. The Kier molecular flexibility index (Phi) is 8.44. The molecule has 4 aromatic rings. The Hall–Kier alpha value is -4.35. The maximum Gasteiger partial charge on any atom is 0.330 e. The fraction of sp³-hybridized carbons (Fsp3) is 0.400. The van der Waals surface area contributed by atoms with Gasteiger partial charge in [-0.2, -0.15) is 9.97 Å². The number of hydrogen-bond acceptors (Lipinski definition) is 9. The number of hydrogen-bond donors (Lipinski definition) is 0. The summed E-state index contributed by atoms with van der Waals surface area (Å²) in [6.07, 6.45) is 8.33. The molecule has 2 aromatic carbocycles. The van der Waals surface area contributed by atoms with Gasteiger partial charge in [-0.25, -0.2) is 9.18 Å². The number of ether oxygens (including phenoxy) is 2. The van der Waals surface area contributed by atoms with Crippen molar-refractivity contribution in [2.75, 3.05) is 58.4 Å². The molecular weight excluding hydrogens is 623 g/mol. The predicted molar refractivity (Wildman–Crippen MR) is 178 cm³/mol. The van der Waals surface area contributed by atoms with Gasteiger partial charge in [0, 0.05) is 66.9 Å². The number of rotatable bonds is 9. The molecule has 3 aliphatic heterocycles. The Labute approximate surface area is 277 Å². The number of benzene rings is 2.